The van der Waals surface area contributed by atoms with Crippen molar-refractivity contribution in [3.63, 3.8) is 0 Å². The van der Waals surface area contributed by atoms with Gasteiger partial charge in [-0.25, -0.2) is 4.52 Å². The van der Waals surface area contributed by atoms with E-state index >= 15 is 0 Å². The second-order valence-corrected chi connectivity index (χ2v) is 8.92. The molecule has 3 heterocycles. The Morgan fingerprint density at radius 1 is 1.00 bits per heavy atom. The van der Waals surface area contributed by atoms with Gasteiger partial charge in [0.2, 0.25) is 5.91 Å². The third-order valence-electron chi connectivity index (χ3n) is 6.95. The number of rotatable bonds is 3. The van der Waals surface area contributed by atoms with Crippen LogP contribution >= 0.6 is 0 Å². The van der Waals surface area contributed by atoms with E-state index < -0.39 is 0 Å². The van der Waals surface area contributed by atoms with Crippen LogP contribution < -0.4 is 10.6 Å². The maximum atomic E-state index is 12.4. The van der Waals surface area contributed by atoms with E-state index in [1.165, 1.54) is 27.9 Å². The van der Waals surface area contributed by atoms with E-state index in [1.807, 2.05) is 15.6 Å². The average molecular weight is 402 g/mol. The van der Waals surface area contributed by atoms with Crippen LogP contribution in [0.3, 0.4) is 0 Å². The number of aryl methyl sites for hydroxylation is 1. The SMILES string of the molecule is N[C@H]1CCc2cc(-c3cc4c(N5CCN(C(=O)C6CC6)CC5)ccnn4c3)ccc21. The van der Waals surface area contributed by atoms with Crippen LogP contribution in [0.1, 0.15) is 36.4 Å². The van der Waals surface area contributed by atoms with Crippen molar-refractivity contribution in [1.29, 1.82) is 0 Å². The summed E-state index contributed by atoms with van der Waals surface area (Å²) in [6, 6.07) is 11.2. The minimum atomic E-state index is 0.181. The van der Waals surface area contributed by atoms with Crippen molar-refractivity contribution in [1.82, 2.24) is 14.5 Å². The molecule has 1 atom stereocenters. The lowest BCUT2D eigenvalue weighted by molar-refractivity contribution is -0.132. The summed E-state index contributed by atoms with van der Waals surface area (Å²) in [5.74, 6) is 0.662. The summed E-state index contributed by atoms with van der Waals surface area (Å²) in [5, 5.41) is 4.55. The summed E-state index contributed by atoms with van der Waals surface area (Å²) in [7, 11) is 0. The van der Waals surface area contributed by atoms with Gasteiger partial charge in [0.15, 0.2) is 0 Å². The summed E-state index contributed by atoms with van der Waals surface area (Å²) >= 11 is 0. The number of carbonyl (C=O) groups is 1. The molecule has 1 amide bonds. The van der Waals surface area contributed by atoms with Gasteiger partial charge in [-0.15, -0.1) is 0 Å². The van der Waals surface area contributed by atoms with E-state index in [0.717, 1.165) is 57.4 Å². The number of piperazine rings is 1. The molecule has 1 aromatic carbocycles. The lowest BCUT2D eigenvalue weighted by atomic mass is 10.0. The number of hydrogen-bond acceptors (Lipinski definition) is 4. The van der Waals surface area contributed by atoms with Gasteiger partial charge in [-0.2, -0.15) is 5.10 Å². The van der Waals surface area contributed by atoms with Crippen LogP contribution in [0.5, 0.6) is 0 Å². The molecule has 3 aliphatic rings. The van der Waals surface area contributed by atoms with E-state index in [0.29, 0.717) is 11.8 Å². The summed E-state index contributed by atoms with van der Waals surface area (Å²) in [6.07, 6.45) is 8.23. The minimum absolute atomic E-state index is 0.181. The number of fused-ring (bicyclic) bond motifs is 2. The summed E-state index contributed by atoms with van der Waals surface area (Å²) < 4.78 is 1.98. The third-order valence-corrected chi connectivity index (χ3v) is 6.95. The van der Waals surface area contributed by atoms with Crippen LogP contribution in [-0.4, -0.2) is 46.6 Å². The van der Waals surface area contributed by atoms with Gasteiger partial charge in [-0.3, -0.25) is 4.79 Å². The molecule has 3 aromatic rings. The highest BCUT2D eigenvalue weighted by molar-refractivity contribution is 5.82. The number of nitrogens with two attached hydrogens (primary N) is 1. The predicted octanol–water partition coefficient (Wildman–Crippen LogP) is 3.01. The Bertz CT molecular complexity index is 1120. The summed E-state index contributed by atoms with van der Waals surface area (Å²) in [6.45, 7) is 3.36. The molecular weight excluding hydrogens is 374 g/mol. The fourth-order valence-corrected chi connectivity index (χ4v) is 5.01. The van der Waals surface area contributed by atoms with E-state index in [2.05, 4.69) is 46.5 Å². The second kappa shape index (κ2) is 6.84. The molecule has 0 unspecified atom stereocenters. The Hall–Kier alpha value is -2.86. The Kier molecular flexibility index (Phi) is 4.09. The molecule has 6 heteroatoms. The Labute approximate surface area is 176 Å². The van der Waals surface area contributed by atoms with Crippen LogP contribution in [0.25, 0.3) is 16.6 Å². The third kappa shape index (κ3) is 2.98. The van der Waals surface area contributed by atoms with Crippen molar-refractivity contribution in [2.24, 2.45) is 11.7 Å². The van der Waals surface area contributed by atoms with E-state index in [-0.39, 0.29) is 6.04 Å². The maximum Gasteiger partial charge on any atom is 0.225 e. The van der Waals surface area contributed by atoms with Crippen molar-refractivity contribution in [2.45, 2.75) is 31.7 Å². The molecule has 2 aliphatic carbocycles. The highest BCUT2D eigenvalue weighted by Gasteiger charge is 2.34. The molecule has 6 rings (SSSR count). The molecule has 0 spiro atoms. The molecule has 0 radical (unpaired) electrons. The van der Waals surface area contributed by atoms with Gasteiger partial charge < -0.3 is 15.5 Å². The van der Waals surface area contributed by atoms with Gasteiger partial charge in [-0.1, -0.05) is 18.2 Å². The second-order valence-electron chi connectivity index (χ2n) is 8.92. The standard InChI is InChI=1S/C24H27N5O/c25-21-6-4-18-13-17(3-5-20(18)21)19-14-23-22(7-8-26-29(23)15-19)27-9-11-28(12-10-27)24(30)16-1-2-16/h3,5,7-8,13-16,21H,1-2,4,6,9-12,25H2/t21-/m0/s1. The molecule has 1 aliphatic heterocycles. The normalized spacial score (nSPS) is 21.3. The number of nitrogens with zero attached hydrogens (tertiary/aromatic N) is 4. The molecule has 2 N–H and O–H groups in total. The lowest BCUT2D eigenvalue weighted by Gasteiger charge is -2.36. The van der Waals surface area contributed by atoms with Crippen LogP contribution in [0.15, 0.2) is 42.7 Å². The van der Waals surface area contributed by atoms with Crippen LogP contribution in [-0.2, 0) is 11.2 Å². The first-order chi connectivity index (χ1) is 14.7. The monoisotopic (exact) mass is 401 g/mol. The number of amides is 1. The highest BCUT2D eigenvalue weighted by Crippen LogP contribution is 2.35. The number of aromatic nitrogens is 2. The fraction of sp³-hybridized carbons (Fsp3) is 0.417. The van der Waals surface area contributed by atoms with Crippen molar-refractivity contribution in [3.05, 3.63) is 53.9 Å². The van der Waals surface area contributed by atoms with Gasteiger partial charge >= 0.3 is 0 Å². The fourth-order valence-electron chi connectivity index (χ4n) is 5.01. The maximum absolute atomic E-state index is 12.4. The minimum Gasteiger partial charge on any atom is -0.366 e. The Balaban J connectivity index is 1.28. The summed E-state index contributed by atoms with van der Waals surface area (Å²) in [5.41, 5.74) is 13.6. The van der Waals surface area contributed by atoms with E-state index in [4.69, 9.17) is 5.73 Å². The smallest absolute Gasteiger partial charge is 0.225 e. The molecule has 1 saturated carbocycles. The van der Waals surface area contributed by atoms with Gasteiger partial charge in [0.25, 0.3) is 0 Å². The zero-order valence-electron chi connectivity index (χ0n) is 17.1. The van der Waals surface area contributed by atoms with Gasteiger partial charge in [-0.05, 0) is 54.5 Å². The molecule has 30 heavy (non-hydrogen) atoms. The largest absolute Gasteiger partial charge is 0.366 e. The van der Waals surface area contributed by atoms with Crippen LogP contribution in [0.4, 0.5) is 5.69 Å². The quantitative estimate of drug-likeness (QED) is 0.733. The molecule has 0 bridgehead atoms. The number of benzene rings is 1. The van der Waals surface area contributed by atoms with Crippen LogP contribution in [0, 0.1) is 5.92 Å². The number of carbonyl (C=O) groups excluding carboxylic acids is 1. The summed E-state index contributed by atoms with van der Waals surface area (Å²) in [4.78, 5) is 16.8. The first-order valence-electron chi connectivity index (χ1n) is 11.1. The molecule has 1 saturated heterocycles. The van der Waals surface area contributed by atoms with Crippen molar-refractivity contribution in [2.75, 3.05) is 31.1 Å². The molecular formula is C24H27N5O. The van der Waals surface area contributed by atoms with Gasteiger partial charge in [0.05, 0.1) is 11.2 Å². The zero-order chi connectivity index (χ0) is 20.2. The van der Waals surface area contributed by atoms with Gasteiger partial charge in [0.1, 0.15) is 0 Å². The Morgan fingerprint density at radius 2 is 1.83 bits per heavy atom. The van der Waals surface area contributed by atoms with Gasteiger partial charge in [0, 0.05) is 56.1 Å². The first-order valence-corrected chi connectivity index (χ1v) is 11.1. The average Bonchev–Trinajstić information content (AvgIpc) is 3.44. The number of hydrogen-bond donors (Lipinski definition) is 1. The van der Waals surface area contributed by atoms with Crippen molar-refractivity contribution in [3.8, 4) is 11.1 Å². The first kappa shape index (κ1) is 18.0. The highest BCUT2D eigenvalue weighted by atomic mass is 16.2. The van der Waals surface area contributed by atoms with Crippen molar-refractivity contribution >= 4 is 17.1 Å². The van der Waals surface area contributed by atoms with E-state index in [1.54, 1.807) is 0 Å². The predicted molar refractivity (Wildman–Crippen MR) is 117 cm³/mol. The Morgan fingerprint density at radius 3 is 2.63 bits per heavy atom. The molecule has 6 nitrogen and oxygen atoms in total. The van der Waals surface area contributed by atoms with Crippen molar-refractivity contribution < 1.29 is 4.79 Å². The topological polar surface area (TPSA) is 66.9 Å². The zero-order valence-corrected chi connectivity index (χ0v) is 17.1. The molecule has 154 valence electrons. The van der Waals surface area contributed by atoms with E-state index in [9.17, 15) is 4.79 Å². The van der Waals surface area contributed by atoms with Crippen LogP contribution in [0.2, 0.25) is 0 Å². The molecule has 2 aromatic heterocycles. The number of anilines is 1. The molecule has 2 fully saturated rings. The lowest BCUT2D eigenvalue weighted by Crippen LogP contribution is -2.49.